The van der Waals surface area contributed by atoms with Crippen LogP contribution in [0.2, 0.25) is 0 Å². The molecule has 1 aromatic carbocycles. The SMILES string of the molecule is O=C(O)CNC(=O)C1=C(O)CCN(Cc2ccc(-c3ccc(C4CC4)cc3)cn2)C1=O. The first-order valence-electron chi connectivity index (χ1n) is 10.2. The third-order valence-electron chi connectivity index (χ3n) is 5.51. The second kappa shape index (κ2) is 8.59. The number of aliphatic hydroxyl groups excluding tert-OH is 1. The zero-order chi connectivity index (χ0) is 22.0. The van der Waals surface area contributed by atoms with Crippen LogP contribution in [0.3, 0.4) is 0 Å². The molecule has 160 valence electrons. The van der Waals surface area contributed by atoms with Crippen molar-refractivity contribution in [3.8, 4) is 11.1 Å². The molecule has 0 unspecified atom stereocenters. The van der Waals surface area contributed by atoms with Gasteiger partial charge in [-0.15, -0.1) is 0 Å². The van der Waals surface area contributed by atoms with Crippen molar-refractivity contribution in [1.82, 2.24) is 15.2 Å². The van der Waals surface area contributed by atoms with E-state index >= 15 is 0 Å². The van der Waals surface area contributed by atoms with E-state index in [4.69, 9.17) is 5.11 Å². The quantitative estimate of drug-likeness (QED) is 0.591. The van der Waals surface area contributed by atoms with Gasteiger partial charge < -0.3 is 20.4 Å². The Hall–Kier alpha value is -3.68. The van der Waals surface area contributed by atoms with Crippen molar-refractivity contribution in [3.05, 3.63) is 65.2 Å². The summed E-state index contributed by atoms with van der Waals surface area (Å²) < 4.78 is 0. The lowest BCUT2D eigenvalue weighted by molar-refractivity contribution is -0.138. The Morgan fingerprint density at radius 1 is 1.10 bits per heavy atom. The summed E-state index contributed by atoms with van der Waals surface area (Å²) in [6, 6.07) is 12.3. The van der Waals surface area contributed by atoms with E-state index in [0.717, 1.165) is 11.1 Å². The number of hydrogen-bond donors (Lipinski definition) is 3. The van der Waals surface area contributed by atoms with E-state index in [9.17, 15) is 19.5 Å². The van der Waals surface area contributed by atoms with Crippen molar-refractivity contribution in [2.75, 3.05) is 13.1 Å². The van der Waals surface area contributed by atoms with Gasteiger partial charge in [0.25, 0.3) is 11.8 Å². The smallest absolute Gasteiger partial charge is 0.322 e. The van der Waals surface area contributed by atoms with E-state index < -0.39 is 29.9 Å². The average Bonchev–Trinajstić information content (AvgIpc) is 3.60. The molecule has 0 saturated heterocycles. The Morgan fingerprint density at radius 2 is 1.81 bits per heavy atom. The number of pyridine rings is 1. The molecule has 8 heteroatoms. The van der Waals surface area contributed by atoms with Crippen molar-refractivity contribution in [2.45, 2.75) is 31.7 Å². The second-order valence-electron chi connectivity index (χ2n) is 7.81. The predicted molar refractivity (Wildman–Crippen MR) is 112 cm³/mol. The summed E-state index contributed by atoms with van der Waals surface area (Å²) >= 11 is 0. The molecule has 1 aromatic heterocycles. The zero-order valence-corrected chi connectivity index (χ0v) is 16.9. The van der Waals surface area contributed by atoms with Crippen LogP contribution in [0.25, 0.3) is 11.1 Å². The summed E-state index contributed by atoms with van der Waals surface area (Å²) in [5.74, 6) is -2.40. The van der Waals surface area contributed by atoms with Crippen LogP contribution in [0.5, 0.6) is 0 Å². The van der Waals surface area contributed by atoms with Crippen LogP contribution in [0.1, 0.15) is 36.4 Å². The van der Waals surface area contributed by atoms with Gasteiger partial charge in [0.15, 0.2) is 0 Å². The number of carbonyl (C=O) groups is 3. The first-order chi connectivity index (χ1) is 14.9. The highest BCUT2D eigenvalue weighted by Crippen LogP contribution is 2.40. The molecule has 2 aliphatic rings. The van der Waals surface area contributed by atoms with Crippen LogP contribution in [0.4, 0.5) is 0 Å². The van der Waals surface area contributed by atoms with Gasteiger partial charge in [0.2, 0.25) is 0 Å². The minimum absolute atomic E-state index is 0.118. The highest BCUT2D eigenvalue weighted by molar-refractivity contribution is 6.19. The number of carboxylic acids is 1. The van der Waals surface area contributed by atoms with Gasteiger partial charge in [-0.1, -0.05) is 30.3 Å². The number of aliphatic carboxylic acids is 1. The maximum Gasteiger partial charge on any atom is 0.322 e. The number of hydrogen-bond acceptors (Lipinski definition) is 5. The van der Waals surface area contributed by atoms with Crippen molar-refractivity contribution in [2.24, 2.45) is 0 Å². The number of nitrogens with zero attached hydrogens (tertiary/aromatic N) is 2. The number of carboxylic acid groups (broad SMARTS) is 1. The third-order valence-corrected chi connectivity index (χ3v) is 5.51. The lowest BCUT2D eigenvalue weighted by atomic mass is 10.0. The molecule has 1 fully saturated rings. The number of aromatic nitrogens is 1. The maximum atomic E-state index is 12.7. The molecule has 1 saturated carbocycles. The Kier molecular flexibility index (Phi) is 5.70. The molecule has 3 N–H and O–H groups in total. The van der Waals surface area contributed by atoms with Crippen molar-refractivity contribution in [1.29, 1.82) is 0 Å². The van der Waals surface area contributed by atoms with Gasteiger partial charge in [-0.3, -0.25) is 19.4 Å². The summed E-state index contributed by atoms with van der Waals surface area (Å²) in [7, 11) is 0. The van der Waals surface area contributed by atoms with Crippen LogP contribution in [-0.4, -0.2) is 51.0 Å². The lowest BCUT2D eigenvalue weighted by Gasteiger charge is -2.27. The van der Waals surface area contributed by atoms with Gasteiger partial charge in [-0.25, -0.2) is 0 Å². The van der Waals surface area contributed by atoms with Crippen LogP contribution in [-0.2, 0) is 20.9 Å². The van der Waals surface area contributed by atoms with Crippen LogP contribution < -0.4 is 5.32 Å². The zero-order valence-electron chi connectivity index (χ0n) is 16.9. The molecule has 2 amide bonds. The molecular formula is C23H23N3O5. The second-order valence-corrected chi connectivity index (χ2v) is 7.81. The normalized spacial score (nSPS) is 16.4. The van der Waals surface area contributed by atoms with E-state index in [-0.39, 0.29) is 25.3 Å². The Balaban J connectivity index is 1.42. The third kappa shape index (κ3) is 4.74. The van der Waals surface area contributed by atoms with E-state index in [0.29, 0.717) is 11.6 Å². The Labute approximate surface area is 179 Å². The summed E-state index contributed by atoms with van der Waals surface area (Å²) in [5.41, 5.74) is 3.65. The summed E-state index contributed by atoms with van der Waals surface area (Å²) in [4.78, 5) is 41.3. The first-order valence-corrected chi connectivity index (χ1v) is 10.2. The summed E-state index contributed by atoms with van der Waals surface area (Å²) in [6.45, 7) is -0.206. The number of carbonyl (C=O) groups excluding carboxylic acids is 2. The highest BCUT2D eigenvalue weighted by Gasteiger charge is 2.32. The van der Waals surface area contributed by atoms with Crippen molar-refractivity contribution >= 4 is 17.8 Å². The number of amides is 2. The first kappa shape index (κ1) is 20.6. The maximum absolute atomic E-state index is 12.7. The molecule has 1 aliphatic heterocycles. The van der Waals surface area contributed by atoms with Crippen LogP contribution in [0, 0.1) is 0 Å². The average molecular weight is 421 g/mol. The van der Waals surface area contributed by atoms with Gasteiger partial charge in [0.1, 0.15) is 17.9 Å². The van der Waals surface area contributed by atoms with Crippen molar-refractivity contribution in [3.63, 3.8) is 0 Å². The molecule has 0 bridgehead atoms. The largest absolute Gasteiger partial charge is 0.511 e. The number of nitrogens with one attached hydrogen (secondary N) is 1. The Morgan fingerprint density at radius 3 is 2.42 bits per heavy atom. The standard InChI is InChI=1S/C23H23N3O5/c27-19-9-10-26(23(31)21(19)22(30)25-12-20(28)29)13-18-8-7-17(11-24-18)16-5-3-15(4-6-16)14-1-2-14/h3-8,11,14,27H,1-2,9-10,12-13H2,(H,25,30)(H,28,29). The minimum atomic E-state index is -1.24. The topological polar surface area (TPSA) is 120 Å². The fraction of sp³-hybridized carbons (Fsp3) is 0.304. The monoisotopic (exact) mass is 421 g/mol. The molecule has 0 radical (unpaired) electrons. The number of rotatable bonds is 7. The molecule has 0 spiro atoms. The molecule has 2 aromatic rings. The predicted octanol–water partition coefficient (Wildman–Crippen LogP) is 2.37. The molecule has 31 heavy (non-hydrogen) atoms. The fourth-order valence-electron chi connectivity index (χ4n) is 3.62. The summed E-state index contributed by atoms with van der Waals surface area (Å²) in [5, 5.41) is 20.8. The van der Waals surface area contributed by atoms with Gasteiger partial charge in [-0.05, 0) is 36.0 Å². The van der Waals surface area contributed by atoms with Gasteiger partial charge in [0, 0.05) is 24.7 Å². The number of aliphatic hydroxyl groups is 1. The molecule has 8 nitrogen and oxygen atoms in total. The Bertz CT molecular complexity index is 1040. The van der Waals surface area contributed by atoms with Crippen molar-refractivity contribution < 1.29 is 24.6 Å². The highest BCUT2D eigenvalue weighted by atomic mass is 16.4. The lowest BCUT2D eigenvalue weighted by Crippen LogP contribution is -2.43. The molecule has 2 heterocycles. The van der Waals surface area contributed by atoms with Gasteiger partial charge >= 0.3 is 5.97 Å². The molecule has 4 rings (SSSR count). The van der Waals surface area contributed by atoms with Crippen LogP contribution >= 0.6 is 0 Å². The fourth-order valence-corrected chi connectivity index (χ4v) is 3.62. The summed E-state index contributed by atoms with van der Waals surface area (Å²) in [6.07, 6.45) is 4.40. The van der Waals surface area contributed by atoms with Gasteiger partial charge in [0.05, 0.1) is 12.2 Å². The molecule has 0 atom stereocenters. The van der Waals surface area contributed by atoms with Gasteiger partial charge in [-0.2, -0.15) is 0 Å². The van der Waals surface area contributed by atoms with Crippen LogP contribution in [0.15, 0.2) is 53.9 Å². The van der Waals surface area contributed by atoms with E-state index in [1.54, 1.807) is 6.20 Å². The number of benzene rings is 1. The molecule has 1 aliphatic carbocycles. The minimum Gasteiger partial charge on any atom is -0.511 e. The van der Waals surface area contributed by atoms with E-state index in [2.05, 4.69) is 34.6 Å². The van der Waals surface area contributed by atoms with E-state index in [1.165, 1.54) is 23.3 Å². The molecular weight excluding hydrogens is 398 g/mol. The van der Waals surface area contributed by atoms with E-state index in [1.807, 2.05) is 12.1 Å².